The smallest absolute Gasteiger partial charge is 0.181 e. The van der Waals surface area contributed by atoms with Gasteiger partial charge in [0.05, 0.1) is 6.61 Å². The van der Waals surface area contributed by atoms with Crippen molar-refractivity contribution in [1.82, 2.24) is 0 Å². The second-order valence-electron chi connectivity index (χ2n) is 5.07. The molecule has 100 valence electrons. The molecule has 2 rings (SSSR count). The van der Waals surface area contributed by atoms with E-state index in [9.17, 15) is 5.11 Å². The van der Waals surface area contributed by atoms with Crippen LogP contribution in [0.3, 0.4) is 0 Å². The van der Waals surface area contributed by atoms with Gasteiger partial charge in [-0.05, 0) is 17.0 Å². The van der Waals surface area contributed by atoms with Crippen LogP contribution in [0.15, 0.2) is 54.6 Å². The largest absolute Gasteiger partial charge is 0.364 e. The molecular weight excluding hydrogens is 236 g/mol. The first-order valence-corrected chi connectivity index (χ1v) is 6.62. The predicted octanol–water partition coefficient (Wildman–Crippen LogP) is 4.02. The highest BCUT2D eigenvalue weighted by molar-refractivity contribution is 5.63. The van der Waals surface area contributed by atoms with Crippen molar-refractivity contribution >= 4 is 0 Å². The maximum absolute atomic E-state index is 9.91. The molecule has 0 aliphatic rings. The molecule has 2 nitrogen and oxygen atoms in total. The van der Waals surface area contributed by atoms with E-state index in [1.165, 1.54) is 5.56 Å². The Kier molecular flexibility index (Phi) is 4.72. The Hall–Kier alpha value is -1.64. The number of rotatable bonds is 5. The minimum atomic E-state index is -0.841. The fourth-order valence-electron chi connectivity index (χ4n) is 1.85. The summed E-state index contributed by atoms with van der Waals surface area (Å²) in [4.78, 5) is 0. The quantitative estimate of drug-likeness (QED) is 0.819. The molecule has 0 saturated carbocycles. The van der Waals surface area contributed by atoms with Crippen molar-refractivity contribution in [3.05, 3.63) is 60.2 Å². The van der Waals surface area contributed by atoms with Crippen LogP contribution < -0.4 is 0 Å². The van der Waals surface area contributed by atoms with E-state index in [1.54, 1.807) is 0 Å². The maximum atomic E-state index is 9.91. The monoisotopic (exact) mass is 256 g/mol. The lowest BCUT2D eigenvalue weighted by Crippen LogP contribution is -2.08. The number of aliphatic hydroxyl groups is 1. The highest BCUT2D eigenvalue weighted by Gasteiger charge is 2.08. The summed E-state index contributed by atoms with van der Waals surface area (Å²) in [5.41, 5.74) is 3.10. The number of benzene rings is 2. The van der Waals surface area contributed by atoms with E-state index < -0.39 is 6.29 Å². The van der Waals surface area contributed by atoms with Gasteiger partial charge in [0.15, 0.2) is 6.29 Å². The Morgan fingerprint density at radius 2 is 1.47 bits per heavy atom. The van der Waals surface area contributed by atoms with E-state index in [2.05, 4.69) is 26.0 Å². The Morgan fingerprint density at radius 3 is 2.05 bits per heavy atom. The Morgan fingerprint density at radius 1 is 0.895 bits per heavy atom. The summed E-state index contributed by atoms with van der Waals surface area (Å²) >= 11 is 0. The minimum absolute atomic E-state index is 0.415. The van der Waals surface area contributed by atoms with E-state index in [1.807, 2.05) is 42.5 Å². The summed E-state index contributed by atoms with van der Waals surface area (Å²) in [7, 11) is 0. The average molecular weight is 256 g/mol. The van der Waals surface area contributed by atoms with Crippen molar-refractivity contribution in [2.24, 2.45) is 5.92 Å². The molecule has 1 atom stereocenters. The summed E-state index contributed by atoms with van der Waals surface area (Å²) in [5, 5.41) is 9.91. The van der Waals surface area contributed by atoms with Gasteiger partial charge in [-0.3, -0.25) is 0 Å². The van der Waals surface area contributed by atoms with E-state index >= 15 is 0 Å². The third-order valence-corrected chi connectivity index (χ3v) is 2.89. The van der Waals surface area contributed by atoms with Crippen LogP contribution in [0.1, 0.15) is 25.7 Å². The number of ether oxygens (including phenoxy) is 1. The van der Waals surface area contributed by atoms with Crippen molar-refractivity contribution in [3.8, 4) is 11.1 Å². The van der Waals surface area contributed by atoms with Gasteiger partial charge in [-0.15, -0.1) is 0 Å². The molecule has 0 aliphatic carbocycles. The normalized spacial score (nSPS) is 12.6. The van der Waals surface area contributed by atoms with Gasteiger partial charge >= 0.3 is 0 Å². The topological polar surface area (TPSA) is 29.5 Å². The van der Waals surface area contributed by atoms with Crippen LogP contribution in [0, 0.1) is 5.92 Å². The molecular formula is C17H20O2. The van der Waals surface area contributed by atoms with Crippen LogP contribution >= 0.6 is 0 Å². The summed E-state index contributed by atoms with van der Waals surface area (Å²) in [6.45, 7) is 4.68. The SMILES string of the molecule is CC(C)COC(O)c1ccc(-c2ccccc2)cc1. The van der Waals surface area contributed by atoms with Gasteiger partial charge in [-0.2, -0.15) is 0 Å². The van der Waals surface area contributed by atoms with Gasteiger partial charge in [0, 0.05) is 5.56 Å². The van der Waals surface area contributed by atoms with Gasteiger partial charge in [-0.1, -0.05) is 68.4 Å². The second kappa shape index (κ2) is 6.50. The third kappa shape index (κ3) is 3.91. The van der Waals surface area contributed by atoms with Crippen molar-refractivity contribution in [2.75, 3.05) is 6.61 Å². The van der Waals surface area contributed by atoms with Gasteiger partial charge in [0.25, 0.3) is 0 Å². The predicted molar refractivity (Wildman–Crippen MR) is 77.6 cm³/mol. The molecule has 0 heterocycles. The second-order valence-corrected chi connectivity index (χ2v) is 5.07. The fourth-order valence-corrected chi connectivity index (χ4v) is 1.85. The molecule has 0 spiro atoms. The number of aliphatic hydroxyl groups excluding tert-OH is 1. The van der Waals surface area contributed by atoms with E-state index in [4.69, 9.17) is 4.74 Å². The van der Waals surface area contributed by atoms with E-state index in [0.717, 1.165) is 11.1 Å². The zero-order valence-electron chi connectivity index (χ0n) is 11.4. The molecule has 0 bridgehead atoms. The van der Waals surface area contributed by atoms with Crippen molar-refractivity contribution in [2.45, 2.75) is 20.1 Å². The molecule has 2 aromatic carbocycles. The molecule has 1 N–H and O–H groups in total. The molecule has 0 radical (unpaired) electrons. The highest BCUT2D eigenvalue weighted by Crippen LogP contribution is 2.22. The van der Waals surface area contributed by atoms with Gasteiger partial charge in [-0.25, -0.2) is 0 Å². The van der Waals surface area contributed by atoms with E-state index in [-0.39, 0.29) is 0 Å². The maximum Gasteiger partial charge on any atom is 0.181 e. The molecule has 0 saturated heterocycles. The summed E-state index contributed by atoms with van der Waals surface area (Å²) in [6.07, 6.45) is -0.841. The van der Waals surface area contributed by atoms with Gasteiger partial charge in [0.1, 0.15) is 0 Å². The zero-order chi connectivity index (χ0) is 13.7. The van der Waals surface area contributed by atoms with Crippen LogP contribution in [0.25, 0.3) is 11.1 Å². The molecule has 1 unspecified atom stereocenters. The molecule has 0 amide bonds. The molecule has 0 fully saturated rings. The zero-order valence-corrected chi connectivity index (χ0v) is 11.4. The molecule has 2 aromatic rings. The standard InChI is InChI=1S/C17H20O2/c1-13(2)12-19-17(18)16-10-8-15(9-11-16)14-6-4-3-5-7-14/h3-11,13,17-18H,12H2,1-2H3. The van der Waals surface area contributed by atoms with Crippen molar-refractivity contribution in [3.63, 3.8) is 0 Å². The van der Waals surface area contributed by atoms with Crippen LogP contribution in [-0.2, 0) is 4.74 Å². The average Bonchev–Trinajstić information content (AvgIpc) is 2.46. The minimum Gasteiger partial charge on any atom is -0.364 e. The first kappa shape index (κ1) is 13.8. The molecule has 2 heteroatoms. The Balaban J connectivity index is 2.06. The first-order chi connectivity index (χ1) is 9.16. The van der Waals surface area contributed by atoms with Gasteiger partial charge < -0.3 is 9.84 Å². The molecule has 0 aliphatic heterocycles. The number of hydrogen-bond acceptors (Lipinski definition) is 2. The van der Waals surface area contributed by atoms with Crippen LogP contribution in [-0.4, -0.2) is 11.7 Å². The van der Waals surface area contributed by atoms with Gasteiger partial charge in [0.2, 0.25) is 0 Å². The molecule has 19 heavy (non-hydrogen) atoms. The number of hydrogen-bond donors (Lipinski definition) is 1. The first-order valence-electron chi connectivity index (χ1n) is 6.62. The lowest BCUT2D eigenvalue weighted by Gasteiger charge is -2.14. The third-order valence-electron chi connectivity index (χ3n) is 2.89. The molecule has 0 aromatic heterocycles. The Bertz CT molecular complexity index is 488. The summed E-state index contributed by atoms with van der Waals surface area (Å²) in [6, 6.07) is 18.0. The van der Waals surface area contributed by atoms with Crippen molar-refractivity contribution < 1.29 is 9.84 Å². The van der Waals surface area contributed by atoms with E-state index in [0.29, 0.717) is 12.5 Å². The summed E-state index contributed by atoms with van der Waals surface area (Å²) < 4.78 is 5.39. The summed E-state index contributed by atoms with van der Waals surface area (Å²) in [5.74, 6) is 0.415. The van der Waals surface area contributed by atoms with Crippen molar-refractivity contribution in [1.29, 1.82) is 0 Å². The fraction of sp³-hybridized carbons (Fsp3) is 0.294. The lowest BCUT2D eigenvalue weighted by molar-refractivity contribution is -0.110. The Labute approximate surface area is 114 Å². The van der Waals surface area contributed by atoms with Crippen LogP contribution in [0.5, 0.6) is 0 Å². The van der Waals surface area contributed by atoms with Crippen LogP contribution in [0.4, 0.5) is 0 Å². The lowest BCUT2D eigenvalue weighted by atomic mass is 10.0. The highest BCUT2D eigenvalue weighted by atomic mass is 16.6. The van der Waals surface area contributed by atoms with Crippen LogP contribution in [0.2, 0.25) is 0 Å².